The zero-order valence-electron chi connectivity index (χ0n) is 16.3. The van der Waals surface area contributed by atoms with Crippen molar-refractivity contribution in [2.24, 2.45) is 0 Å². The second-order valence-corrected chi connectivity index (χ2v) is 8.95. The number of piperazine rings is 1. The number of anilines is 1. The maximum absolute atomic E-state index is 13.0. The van der Waals surface area contributed by atoms with Crippen molar-refractivity contribution >= 4 is 15.7 Å². The van der Waals surface area contributed by atoms with Crippen LogP contribution in [0, 0.1) is 0 Å². The molecule has 6 heteroatoms. The molecule has 5 nitrogen and oxygen atoms in total. The molecule has 0 amide bonds. The van der Waals surface area contributed by atoms with Crippen molar-refractivity contribution < 1.29 is 13.2 Å². The molecule has 0 bridgehead atoms. The first-order valence-corrected chi connectivity index (χ1v) is 10.9. The summed E-state index contributed by atoms with van der Waals surface area (Å²) in [6.07, 6.45) is 0. The summed E-state index contributed by atoms with van der Waals surface area (Å²) in [6.45, 7) is 9.00. The maximum atomic E-state index is 13.0. The fourth-order valence-corrected chi connectivity index (χ4v) is 4.76. The molecule has 27 heavy (non-hydrogen) atoms. The second-order valence-electron chi connectivity index (χ2n) is 7.02. The molecule has 0 spiro atoms. The van der Waals surface area contributed by atoms with Crippen molar-refractivity contribution in [3.8, 4) is 5.75 Å². The summed E-state index contributed by atoms with van der Waals surface area (Å²) in [7, 11) is -3.46. The van der Waals surface area contributed by atoms with Gasteiger partial charge in [-0.1, -0.05) is 38.1 Å². The second kappa shape index (κ2) is 8.31. The lowest BCUT2D eigenvalue weighted by atomic mass is 10.0. The van der Waals surface area contributed by atoms with Crippen LogP contribution in [0.1, 0.15) is 32.3 Å². The number of ether oxygens (including phenoxy) is 1. The molecule has 2 aromatic rings. The van der Waals surface area contributed by atoms with Gasteiger partial charge in [0.2, 0.25) is 10.0 Å². The number of nitrogens with zero attached hydrogens (tertiary/aromatic N) is 2. The van der Waals surface area contributed by atoms with E-state index in [2.05, 4.69) is 18.7 Å². The van der Waals surface area contributed by atoms with Gasteiger partial charge in [-0.2, -0.15) is 4.31 Å². The van der Waals surface area contributed by atoms with E-state index in [9.17, 15) is 8.42 Å². The van der Waals surface area contributed by atoms with Crippen molar-refractivity contribution in [3.63, 3.8) is 0 Å². The molecule has 0 saturated carbocycles. The van der Waals surface area contributed by atoms with Crippen LogP contribution in [-0.4, -0.2) is 45.5 Å². The Bertz CT molecular complexity index is 855. The fraction of sp³-hybridized carbons (Fsp3) is 0.429. The molecule has 0 aliphatic carbocycles. The first kappa shape index (κ1) is 19.7. The van der Waals surface area contributed by atoms with Crippen LogP contribution in [-0.2, 0) is 10.0 Å². The Morgan fingerprint density at radius 2 is 1.59 bits per heavy atom. The summed E-state index contributed by atoms with van der Waals surface area (Å²) in [6, 6.07) is 15.2. The van der Waals surface area contributed by atoms with Gasteiger partial charge >= 0.3 is 0 Å². The molecule has 1 aliphatic rings. The van der Waals surface area contributed by atoms with E-state index in [-0.39, 0.29) is 0 Å². The lowest BCUT2D eigenvalue weighted by Crippen LogP contribution is -2.48. The fourth-order valence-electron chi connectivity index (χ4n) is 3.34. The first-order chi connectivity index (χ1) is 12.9. The molecule has 0 N–H and O–H groups in total. The van der Waals surface area contributed by atoms with Crippen molar-refractivity contribution in [1.82, 2.24) is 4.31 Å². The summed E-state index contributed by atoms with van der Waals surface area (Å²) in [5, 5.41) is 0. The van der Waals surface area contributed by atoms with Gasteiger partial charge in [0.15, 0.2) is 0 Å². The third kappa shape index (κ3) is 4.28. The van der Waals surface area contributed by atoms with E-state index in [1.165, 1.54) is 0 Å². The van der Waals surface area contributed by atoms with Crippen molar-refractivity contribution in [3.05, 3.63) is 54.1 Å². The SMILES string of the molecule is CCOc1ccccc1N1CCN(S(=O)(=O)c2ccc(C(C)C)cc2)CC1. The molecule has 146 valence electrons. The van der Waals surface area contributed by atoms with Gasteiger partial charge in [0, 0.05) is 26.2 Å². The lowest BCUT2D eigenvalue weighted by Gasteiger charge is -2.36. The topological polar surface area (TPSA) is 49.9 Å². The quantitative estimate of drug-likeness (QED) is 0.757. The van der Waals surface area contributed by atoms with Crippen LogP contribution in [0.4, 0.5) is 5.69 Å². The van der Waals surface area contributed by atoms with Crippen molar-refractivity contribution in [2.75, 3.05) is 37.7 Å². The zero-order chi connectivity index (χ0) is 19.4. The summed E-state index contributed by atoms with van der Waals surface area (Å²) >= 11 is 0. The predicted molar refractivity (Wildman–Crippen MR) is 109 cm³/mol. The molecule has 0 aromatic heterocycles. The predicted octanol–water partition coefficient (Wildman–Crippen LogP) is 3.72. The molecule has 1 aliphatic heterocycles. The number of benzene rings is 2. The highest BCUT2D eigenvalue weighted by atomic mass is 32.2. The Morgan fingerprint density at radius 3 is 2.19 bits per heavy atom. The molecule has 0 unspecified atom stereocenters. The Labute approximate surface area is 162 Å². The van der Waals surface area contributed by atoms with E-state index >= 15 is 0 Å². The molecule has 1 heterocycles. The van der Waals surface area contributed by atoms with Crippen LogP contribution in [0.15, 0.2) is 53.4 Å². The van der Waals surface area contributed by atoms with Gasteiger partial charge in [0.05, 0.1) is 17.2 Å². The Balaban J connectivity index is 1.71. The van der Waals surface area contributed by atoms with Crippen LogP contribution in [0.3, 0.4) is 0 Å². The number of sulfonamides is 1. The summed E-state index contributed by atoms with van der Waals surface area (Å²) < 4.78 is 33.2. The smallest absolute Gasteiger partial charge is 0.243 e. The van der Waals surface area contributed by atoms with E-state index < -0.39 is 10.0 Å². The minimum absolute atomic E-state index is 0.370. The third-order valence-corrected chi connectivity index (χ3v) is 6.84. The van der Waals surface area contributed by atoms with Crippen LogP contribution in [0.5, 0.6) is 5.75 Å². The average Bonchev–Trinajstić information content (AvgIpc) is 2.69. The highest BCUT2D eigenvalue weighted by Crippen LogP contribution is 2.30. The van der Waals surface area contributed by atoms with Crippen LogP contribution in [0.2, 0.25) is 0 Å². The Hall–Kier alpha value is -2.05. The third-order valence-electron chi connectivity index (χ3n) is 4.93. The van der Waals surface area contributed by atoms with E-state index in [4.69, 9.17) is 4.74 Å². The highest BCUT2D eigenvalue weighted by molar-refractivity contribution is 7.89. The van der Waals surface area contributed by atoms with E-state index in [0.717, 1.165) is 17.0 Å². The van der Waals surface area contributed by atoms with Crippen LogP contribution in [0.25, 0.3) is 0 Å². The van der Waals surface area contributed by atoms with Gasteiger partial charge in [0.1, 0.15) is 5.75 Å². The lowest BCUT2D eigenvalue weighted by molar-refractivity contribution is 0.337. The summed E-state index contributed by atoms with van der Waals surface area (Å²) in [5.74, 6) is 1.23. The molecule has 3 rings (SSSR count). The molecular formula is C21H28N2O3S. The zero-order valence-corrected chi connectivity index (χ0v) is 17.1. The molecule has 1 saturated heterocycles. The van der Waals surface area contributed by atoms with Gasteiger partial charge in [0.25, 0.3) is 0 Å². The van der Waals surface area contributed by atoms with E-state index in [0.29, 0.717) is 43.6 Å². The van der Waals surface area contributed by atoms with Crippen LogP contribution < -0.4 is 9.64 Å². The highest BCUT2D eigenvalue weighted by Gasteiger charge is 2.29. The number of hydrogen-bond acceptors (Lipinski definition) is 4. The van der Waals surface area contributed by atoms with Gasteiger partial charge in [-0.15, -0.1) is 0 Å². The maximum Gasteiger partial charge on any atom is 0.243 e. The largest absolute Gasteiger partial charge is 0.492 e. The molecule has 2 aromatic carbocycles. The van der Waals surface area contributed by atoms with Gasteiger partial charge in [-0.3, -0.25) is 0 Å². The monoisotopic (exact) mass is 388 g/mol. The molecule has 0 radical (unpaired) electrons. The van der Waals surface area contributed by atoms with Gasteiger partial charge in [-0.25, -0.2) is 8.42 Å². The van der Waals surface area contributed by atoms with Gasteiger partial charge < -0.3 is 9.64 Å². The molecule has 0 atom stereocenters. The standard InChI is InChI=1S/C21H28N2O3S/c1-4-26-21-8-6-5-7-20(21)22-13-15-23(16-14-22)27(24,25)19-11-9-18(10-12-19)17(2)3/h5-12,17H,4,13-16H2,1-3H3. The minimum Gasteiger partial charge on any atom is -0.492 e. The normalized spacial score (nSPS) is 15.9. The van der Waals surface area contributed by atoms with E-state index in [1.807, 2.05) is 43.3 Å². The number of para-hydroxylation sites is 2. The van der Waals surface area contributed by atoms with Crippen molar-refractivity contribution in [1.29, 1.82) is 0 Å². The van der Waals surface area contributed by atoms with Crippen LogP contribution >= 0.6 is 0 Å². The van der Waals surface area contributed by atoms with E-state index in [1.54, 1.807) is 16.4 Å². The average molecular weight is 389 g/mol. The summed E-state index contributed by atoms with van der Waals surface area (Å²) in [5.41, 5.74) is 2.17. The Kier molecular flexibility index (Phi) is 6.07. The van der Waals surface area contributed by atoms with Crippen molar-refractivity contribution in [2.45, 2.75) is 31.6 Å². The minimum atomic E-state index is -3.46. The number of hydrogen-bond donors (Lipinski definition) is 0. The van der Waals surface area contributed by atoms with Gasteiger partial charge in [-0.05, 0) is 42.7 Å². The molecule has 1 fully saturated rings. The number of rotatable bonds is 6. The summed E-state index contributed by atoms with van der Waals surface area (Å²) in [4.78, 5) is 2.56. The Morgan fingerprint density at radius 1 is 0.963 bits per heavy atom. The molecular weight excluding hydrogens is 360 g/mol. The first-order valence-electron chi connectivity index (χ1n) is 9.50.